The zero-order valence-electron chi connectivity index (χ0n) is 12.3. The van der Waals surface area contributed by atoms with E-state index in [-0.39, 0.29) is 11.0 Å². The van der Waals surface area contributed by atoms with Crippen LogP contribution < -0.4 is 10.0 Å². The molecule has 2 N–H and O–H groups in total. The SMILES string of the molecule is CCNCc1ccc(CS(=O)(=O)NCC(C)SC)cc1. The molecule has 0 aliphatic rings. The first kappa shape index (κ1) is 17.5. The van der Waals surface area contributed by atoms with Gasteiger partial charge in [-0.25, -0.2) is 13.1 Å². The minimum Gasteiger partial charge on any atom is -0.313 e. The first-order valence-corrected chi connectivity index (χ1v) is 9.69. The molecule has 0 aromatic heterocycles. The van der Waals surface area contributed by atoms with Gasteiger partial charge in [-0.3, -0.25) is 0 Å². The average Bonchev–Trinajstić information content (AvgIpc) is 2.43. The molecular weight excluding hydrogens is 292 g/mol. The molecule has 0 saturated heterocycles. The van der Waals surface area contributed by atoms with Gasteiger partial charge in [0.2, 0.25) is 10.0 Å². The molecule has 0 heterocycles. The Labute approximate surface area is 126 Å². The summed E-state index contributed by atoms with van der Waals surface area (Å²) in [5.41, 5.74) is 1.98. The van der Waals surface area contributed by atoms with Gasteiger partial charge in [-0.15, -0.1) is 0 Å². The summed E-state index contributed by atoms with van der Waals surface area (Å²) in [5.74, 6) is 0.0373. The van der Waals surface area contributed by atoms with E-state index in [1.54, 1.807) is 11.8 Å². The Morgan fingerprint density at radius 3 is 2.35 bits per heavy atom. The molecule has 0 amide bonds. The van der Waals surface area contributed by atoms with E-state index in [0.717, 1.165) is 24.2 Å². The molecule has 6 heteroatoms. The fraction of sp³-hybridized carbons (Fsp3) is 0.571. The summed E-state index contributed by atoms with van der Waals surface area (Å²) in [6.45, 7) is 6.27. The Hall–Kier alpha value is -0.560. The van der Waals surface area contributed by atoms with Crippen LogP contribution in [0.2, 0.25) is 0 Å². The third kappa shape index (κ3) is 6.74. The van der Waals surface area contributed by atoms with Crippen molar-refractivity contribution in [2.24, 2.45) is 0 Å². The zero-order chi connectivity index (χ0) is 15.0. The van der Waals surface area contributed by atoms with Gasteiger partial charge in [-0.1, -0.05) is 38.1 Å². The predicted molar refractivity (Wildman–Crippen MR) is 87.4 cm³/mol. The second kappa shape index (κ2) is 8.67. The van der Waals surface area contributed by atoms with E-state index in [9.17, 15) is 8.42 Å². The summed E-state index contributed by atoms with van der Waals surface area (Å²) < 4.78 is 26.5. The lowest BCUT2D eigenvalue weighted by atomic mass is 10.1. The van der Waals surface area contributed by atoms with Crippen molar-refractivity contribution in [3.63, 3.8) is 0 Å². The van der Waals surface area contributed by atoms with Crippen LogP contribution in [-0.2, 0) is 22.3 Å². The molecule has 0 aliphatic carbocycles. The lowest BCUT2D eigenvalue weighted by molar-refractivity contribution is 0.580. The Morgan fingerprint density at radius 2 is 1.80 bits per heavy atom. The lowest BCUT2D eigenvalue weighted by Crippen LogP contribution is -2.30. The molecule has 1 unspecified atom stereocenters. The van der Waals surface area contributed by atoms with Gasteiger partial charge < -0.3 is 5.32 Å². The average molecular weight is 316 g/mol. The molecule has 0 aliphatic heterocycles. The molecule has 1 rings (SSSR count). The Kier molecular flexibility index (Phi) is 7.58. The van der Waals surface area contributed by atoms with Crippen LogP contribution in [0.5, 0.6) is 0 Å². The topological polar surface area (TPSA) is 58.2 Å². The molecule has 114 valence electrons. The summed E-state index contributed by atoms with van der Waals surface area (Å²) in [6, 6.07) is 7.70. The number of hydrogen-bond donors (Lipinski definition) is 2. The number of hydrogen-bond acceptors (Lipinski definition) is 4. The van der Waals surface area contributed by atoms with Crippen molar-refractivity contribution in [3.05, 3.63) is 35.4 Å². The van der Waals surface area contributed by atoms with E-state index < -0.39 is 10.0 Å². The van der Waals surface area contributed by atoms with Crippen molar-refractivity contribution < 1.29 is 8.42 Å². The second-order valence-electron chi connectivity index (χ2n) is 4.75. The van der Waals surface area contributed by atoms with E-state index in [1.165, 1.54) is 0 Å². The molecule has 20 heavy (non-hydrogen) atoms. The van der Waals surface area contributed by atoms with Crippen LogP contribution in [0.4, 0.5) is 0 Å². The number of rotatable bonds is 9. The van der Waals surface area contributed by atoms with Crippen LogP contribution in [0.25, 0.3) is 0 Å². The molecule has 4 nitrogen and oxygen atoms in total. The summed E-state index contributed by atoms with van der Waals surface area (Å²) in [6.07, 6.45) is 1.97. The van der Waals surface area contributed by atoms with Crippen molar-refractivity contribution in [2.45, 2.75) is 31.4 Å². The summed E-state index contributed by atoms with van der Waals surface area (Å²) in [5, 5.41) is 3.52. The highest BCUT2D eigenvalue weighted by Gasteiger charge is 2.12. The summed E-state index contributed by atoms with van der Waals surface area (Å²) in [7, 11) is -3.25. The largest absolute Gasteiger partial charge is 0.313 e. The normalized spacial score (nSPS) is 13.3. The van der Waals surface area contributed by atoms with Crippen molar-refractivity contribution in [2.75, 3.05) is 19.3 Å². The Morgan fingerprint density at radius 1 is 1.20 bits per heavy atom. The van der Waals surface area contributed by atoms with Gasteiger partial charge in [0.15, 0.2) is 0 Å². The minimum absolute atomic E-state index is 0.0373. The fourth-order valence-corrected chi connectivity index (χ4v) is 3.21. The van der Waals surface area contributed by atoms with Gasteiger partial charge >= 0.3 is 0 Å². The maximum atomic E-state index is 11.9. The van der Waals surface area contributed by atoms with Crippen LogP contribution in [0.1, 0.15) is 25.0 Å². The molecule has 1 aromatic carbocycles. The van der Waals surface area contributed by atoms with Crippen molar-refractivity contribution in [1.29, 1.82) is 0 Å². The van der Waals surface area contributed by atoms with Crippen LogP contribution in [0.3, 0.4) is 0 Å². The predicted octanol–water partition coefficient (Wildman–Crippen LogP) is 1.97. The quantitative estimate of drug-likeness (QED) is 0.731. The summed E-state index contributed by atoms with van der Waals surface area (Å²) >= 11 is 1.65. The van der Waals surface area contributed by atoms with Crippen molar-refractivity contribution >= 4 is 21.8 Å². The van der Waals surface area contributed by atoms with Gasteiger partial charge in [0.05, 0.1) is 5.75 Å². The van der Waals surface area contributed by atoms with Crippen molar-refractivity contribution in [3.8, 4) is 0 Å². The standard InChI is InChI=1S/C14H24N2O2S2/c1-4-15-10-13-5-7-14(8-6-13)11-20(17,18)16-9-12(2)19-3/h5-8,12,15-16H,4,9-11H2,1-3H3. The van der Waals surface area contributed by atoms with E-state index >= 15 is 0 Å². The van der Waals surface area contributed by atoms with Gasteiger partial charge in [-0.2, -0.15) is 11.8 Å². The monoisotopic (exact) mass is 316 g/mol. The molecule has 1 atom stereocenters. The Bertz CT molecular complexity index is 486. The maximum absolute atomic E-state index is 11.9. The number of nitrogens with one attached hydrogen (secondary N) is 2. The lowest BCUT2D eigenvalue weighted by Gasteiger charge is -2.11. The van der Waals surface area contributed by atoms with Crippen LogP contribution in [0, 0.1) is 0 Å². The second-order valence-corrected chi connectivity index (χ2v) is 7.83. The third-order valence-electron chi connectivity index (χ3n) is 2.95. The number of sulfonamides is 1. The first-order valence-electron chi connectivity index (χ1n) is 6.75. The van der Waals surface area contributed by atoms with Crippen LogP contribution >= 0.6 is 11.8 Å². The fourth-order valence-electron chi connectivity index (χ4n) is 1.62. The summed E-state index contributed by atoms with van der Waals surface area (Å²) in [4.78, 5) is 0. The van der Waals surface area contributed by atoms with E-state index in [2.05, 4.69) is 17.0 Å². The molecule has 1 aromatic rings. The first-order chi connectivity index (χ1) is 9.46. The molecule has 0 bridgehead atoms. The molecule has 0 radical (unpaired) electrons. The smallest absolute Gasteiger partial charge is 0.215 e. The van der Waals surface area contributed by atoms with E-state index in [1.807, 2.05) is 37.4 Å². The zero-order valence-corrected chi connectivity index (χ0v) is 14.0. The van der Waals surface area contributed by atoms with E-state index in [4.69, 9.17) is 0 Å². The van der Waals surface area contributed by atoms with Crippen molar-refractivity contribution in [1.82, 2.24) is 10.0 Å². The van der Waals surface area contributed by atoms with E-state index in [0.29, 0.717) is 6.54 Å². The molecule has 0 fully saturated rings. The van der Waals surface area contributed by atoms with Crippen LogP contribution in [-0.4, -0.2) is 33.0 Å². The third-order valence-corrected chi connectivity index (χ3v) is 5.24. The van der Waals surface area contributed by atoms with Crippen LogP contribution in [0.15, 0.2) is 24.3 Å². The van der Waals surface area contributed by atoms with Gasteiger partial charge in [0.1, 0.15) is 0 Å². The highest BCUT2D eigenvalue weighted by molar-refractivity contribution is 7.99. The number of benzene rings is 1. The number of thioether (sulfide) groups is 1. The highest BCUT2D eigenvalue weighted by atomic mass is 32.2. The molecule has 0 saturated carbocycles. The minimum atomic E-state index is -3.25. The Balaban J connectivity index is 2.54. The van der Waals surface area contributed by atoms with Gasteiger partial charge in [-0.05, 0) is 23.9 Å². The van der Waals surface area contributed by atoms with Gasteiger partial charge in [0.25, 0.3) is 0 Å². The molecular formula is C14H24N2O2S2. The maximum Gasteiger partial charge on any atom is 0.215 e. The molecule has 0 spiro atoms. The van der Waals surface area contributed by atoms with Gasteiger partial charge in [0, 0.05) is 18.3 Å². The highest BCUT2D eigenvalue weighted by Crippen LogP contribution is 2.09.